The van der Waals surface area contributed by atoms with Crippen molar-refractivity contribution in [3.63, 3.8) is 0 Å². The topological polar surface area (TPSA) is 47.6 Å². The second kappa shape index (κ2) is 5.74. The molecule has 1 N–H and O–H groups in total. The molecule has 0 bridgehead atoms. The van der Waals surface area contributed by atoms with E-state index >= 15 is 0 Å². The third-order valence-electron chi connectivity index (χ3n) is 4.06. The molecule has 0 unspecified atom stereocenters. The van der Waals surface area contributed by atoms with E-state index in [1.54, 1.807) is 0 Å². The predicted octanol–water partition coefficient (Wildman–Crippen LogP) is 3.22. The van der Waals surface area contributed by atoms with Crippen molar-refractivity contribution in [2.24, 2.45) is 0 Å². The van der Waals surface area contributed by atoms with E-state index in [-0.39, 0.29) is 12.0 Å². The van der Waals surface area contributed by atoms with Crippen molar-refractivity contribution in [2.45, 2.75) is 25.6 Å². The number of carbonyl (C=O) groups excluding carboxylic acids is 1. The molecule has 0 saturated carbocycles. The zero-order valence-electron chi connectivity index (χ0n) is 12.1. The van der Waals surface area contributed by atoms with Gasteiger partial charge in [0, 0.05) is 29.2 Å². The molecular weight excluding hydrogens is 298 g/mol. The monoisotopic (exact) mass is 315 g/mol. The summed E-state index contributed by atoms with van der Waals surface area (Å²) in [5, 5.41) is 2.98. The highest BCUT2D eigenvalue weighted by molar-refractivity contribution is 7.17. The van der Waals surface area contributed by atoms with Gasteiger partial charge in [0.05, 0.1) is 11.0 Å². The van der Waals surface area contributed by atoms with Crippen LogP contribution in [0.1, 0.15) is 28.1 Å². The summed E-state index contributed by atoms with van der Waals surface area (Å²) in [6.07, 6.45) is 2.28. The van der Waals surface area contributed by atoms with E-state index in [2.05, 4.69) is 5.32 Å². The molecule has 0 aliphatic carbocycles. The lowest BCUT2D eigenvalue weighted by molar-refractivity contribution is 0.0861. The van der Waals surface area contributed by atoms with Crippen molar-refractivity contribution in [1.82, 2.24) is 5.32 Å². The van der Waals surface area contributed by atoms with Gasteiger partial charge in [0.1, 0.15) is 12.4 Å². The molecule has 4 nitrogen and oxygen atoms in total. The number of carbonyl (C=O) groups is 1. The van der Waals surface area contributed by atoms with Crippen LogP contribution in [0.15, 0.2) is 30.3 Å². The summed E-state index contributed by atoms with van der Waals surface area (Å²) >= 11 is 1.54. The summed E-state index contributed by atoms with van der Waals surface area (Å²) in [5.74, 6) is 0.871. The highest BCUT2D eigenvalue weighted by Crippen LogP contribution is 2.42. The zero-order valence-corrected chi connectivity index (χ0v) is 12.9. The number of hydrogen-bond donors (Lipinski definition) is 1. The normalized spacial score (nSPS) is 19.2. The van der Waals surface area contributed by atoms with E-state index in [1.165, 1.54) is 11.3 Å². The molecule has 0 radical (unpaired) electrons. The van der Waals surface area contributed by atoms with Crippen molar-refractivity contribution in [3.8, 4) is 16.2 Å². The Kier molecular flexibility index (Phi) is 3.60. The lowest BCUT2D eigenvalue weighted by Crippen LogP contribution is -2.31. The van der Waals surface area contributed by atoms with E-state index in [1.807, 2.05) is 30.3 Å². The molecule has 1 aromatic carbocycles. The van der Waals surface area contributed by atoms with Crippen LogP contribution in [-0.2, 0) is 11.3 Å². The van der Waals surface area contributed by atoms with Gasteiger partial charge >= 0.3 is 0 Å². The number of para-hydroxylation sites is 1. The summed E-state index contributed by atoms with van der Waals surface area (Å²) in [7, 11) is 0. The number of rotatable bonds is 3. The number of nitrogens with one attached hydrogen (secondary N) is 1. The molecule has 2 aromatic rings. The van der Waals surface area contributed by atoms with Gasteiger partial charge in [-0.25, -0.2) is 0 Å². The number of hydrogen-bond acceptors (Lipinski definition) is 4. The molecular formula is C17H17NO3S. The molecule has 1 atom stereocenters. The van der Waals surface area contributed by atoms with Crippen molar-refractivity contribution >= 4 is 17.2 Å². The third-order valence-corrected chi connectivity index (χ3v) is 5.27. The maximum atomic E-state index is 12.3. The average Bonchev–Trinajstić information content (AvgIpc) is 3.21. The summed E-state index contributed by atoms with van der Waals surface area (Å²) in [5.41, 5.74) is 2.16. The molecule has 4 rings (SSSR count). The zero-order chi connectivity index (χ0) is 14.9. The lowest BCUT2D eigenvalue weighted by atomic mass is 10.1. The van der Waals surface area contributed by atoms with E-state index in [0.29, 0.717) is 13.2 Å². The van der Waals surface area contributed by atoms with Crippen LogP contribution in [0.2, 0.25) is 0 Å². The Hall–Kier alpha value is -1.85. The first kappa shape index (κ1) is 13.8. The Balaban J connectivity index is 1.52. The summed E-state index contributed by atoms with van der Waals surface area (Å²) < 4.78 is 11.3. The Labute approximate surface area is 133 Å². The maximum absolute atomic E-state index is 12.3. The average molecular weight is 315 g/mol. The minimum atomic E-state index is -0.0209. The van der Waals surface area contributed by atoms with Crippen LogP contribution in [0.4, 0.5) is 0 Å². The van der Waals surface area contributed by atoms with Gasteiger partial charge in [0.25, 0.3) is 5.91 Å². The van der Waals surface area contributed by atoms with Gasteiger partial charge in [-0.2, -0.15) is 0 Å². The van der Waals surface area contributed by atoms with Gasteiger partial charge in [-0.05, 0) is 31.0 Å². The third kappa shape index (κ3) is 2.51. The van der Waals surface area contributed by atoms with Gasteiger partial charge in [-0.1, -0.05) is 12.1 Å². The van der Waals surface area contributed by atoms with Crippen molar-refractivity contribution in [2.75, 3.05) is 13.2 Å². The fourth-order valence-corrected chi connectivity index (χ4v) is 4.02. The highest BCUT2D eigenvalue weighted by Gasteiger charge is 2.23. The first-order valence-electron chi connectivity index (χ1n) is 7.56. The molecule has 2 aliphatic heterocycles. The Morgan fingerprint density at radius 3 is 3.14 bits per heavy atom. The number of amides is 1. The molecule has 1 saturated heterocycles. The van der Waals surface area contributed by atoms with Crippen LogP contribution in [0, 0.1) is 0 Å². The Bertz CT molecular complexity index is 704. The Morgan fingerprint density at radius 2 is 2.27 bits per heavy atom. The molecule has 114 valence electrons. The van der Waals surface area contributed by atoms with Gasteiger partial charge in [-0.3, -0.25) is 4.79 Å². The smallest absolute Gasteiger partial charge is 0.261 e. The summed E-state index contributed by atoms with van der Waals surface area (Å²) in [6, 6.07) is 9.91. The van der Waals surface area contributed by atoms with E-state index in [9.17, 15) is 4.79 Å². The van der Waals surface area contributed by atoms with E-state index < -0.39 is 0 Å². The highest BCUT2D eigenvalue weighted by atomic mass is 32.1. The fraction of sp³-hybridized carbons (Fsp3) is 0.353. The van der Waals surface area contributed by atoms with E-state index in [0.717, 1.165) is 46.1 Å². The molecule has 1 fully saturated rings. The van der Waals surface area contributed by atoms with Gasteiger partial charge in [-0.15, -0.1) is 11.3 Å². The first-order chi connectivity index (χ1) is 10.8. The number of thiophene rings is 1. The Morgan fingerprint density at radius 1 is 1.36 bits per heavy atom. The predicted molar refractivity (Wildman–Crippen MR) is 85.4 cm³/mol. The van der Waals surface area contributed by atoms with Crippen LogP contribution < -0.4 is 10.1 Å². The van der Waals surface area contributed by atoms with Gasteiger partial charge < -0.3 is 14.8 Å². The largest absolute Gasteiger partial charge is 0.488 e. The van der Waals surface area contributed by atoms with Crippen molar-refractivity contribution in [1.29, 1.82) is 0 Å². The second-order valence-corrected chi connectivity index (χ2v) is 6.65. The van der Waals surface area contributed by atoms with Gasteiger partial charge in [0.2, 0.25) is 0 Å². The van der Waals surface area contributed by atoms with Crippen LogP contribution >= 0.6 is 11.3 Å². The van der Waals surface area contributed by atoms with Crippen LogP contribution in [0.5, 0.6) is 5.75 Å². The quantitative estimate of drug-likeness (QED) is 0.946. The molecule has 1 aromatic heterocycles. The SMILES string of the molecule is O=C(NC[C@@H]1CCCO1)c1cc2c(s1)-c1ccccc1OC2. The van der Waals surface area contributed by atoms with Crippen LogP contribution in [0.25, 0.3) is 10.4 Å². The number of benzene rings is 1. The molecule has 3 heterocycles. The number of ether oxygens (including phenoxy) is 2. The molecule has 2 aliphatic rings. The summed E-state index contributed by atoms with van der Waals surface area (Å²) in [6.45, 7) is 1.93. The van der Waals surface area contributed by atoms with Gasteiger partial charge in [0.15, 0.2) is 0 Å². The lowest BCUT2D eigenvalue weighted by Gasteiger charge is -2.16. The molecule has 5 heteroatoms. The molecule has 1 amide bonds. The minimum absolute atomic E-state index is 0.0209. The standard InChI is InChI=1S/C17H17NO3S/c19-17(18-9-12-4-3-7-20-12)15-8-11-10-21-14-6-2-1-5-13(14)16(11)22-15/h1-2,5-6,8,12H,3-4,7,9-10H2,(H,18,19)/t12-/m0/s1. The van der Waals surface area contributed by atoms with E-state index in [4.69, 9.17) is 9.47 Å². The van der Waals surface area contributed by atoms with Crippen LogP contribution in [0.3, 0.4) is 0 Å². The van der Waals surface area contributed by atoms with Crippen LogP contribution in [-0.4, -0.2) is 25.2 Å². The second-order valence-electron chi connectivity index (χ2n) is 5.59. The summed E-state index contributed by atoms with van der Waals surface area (Å²) in [4.78, 5) is 14.2. The minimum Gasteiger partial charge on any atom is -0.488 e. The molecule has 0 spiro atoms. The maximum Gasteiger partial charge on any atom is 0.261 e. The number of fused-ring (bicyclic) bond motifs is 3. The van der Waals surface area contributed by atoms with Crippen molar-refractivity contribution in [3.05, 3.63) is 40.8 Å². The fourth-order valence-electron chi connectivity index (χ4n) is 2.91. The molecule has 22 heavy (non-hydrogen) atoms. The van der Waals surface area contributed by atoms with Crippen molar-refractivity contribution < 1.29 is 14.3 Å². The first-order valence-corrected chi connectivity index (χ1v) is 8.37.